The van der Waals surface area contributed by atoms with Gasteiger partial charge < -0.3 is 29.7 Å². The second-order valence-electron chi connectivity index (χ2n) is 18.8. The van der Waals surface area contributed by atoms with Crippen molar-refractivity contribution in [3.63, 3.8) is 0 Å². The first-order valence-corrected chi connectivity index (χ1v) is 22.9. The summed E-state index contributed by atoms with van der Waals surface area (Å²) in [6, 6.07) is 14.6. The van der Waals surface area contributed by atoms with E-state index in [1.54, 1.807) is 17.6 Å². The number of nitrogens with zero attached hydrogens (tertiary/aromatic N) is 10. The molecule has 4 atom stereocenters. The van der Waals surface area contributed by atoms with Gasteiger partial charge in [-0.3, -0.25) is 29.3 Å². The minimum Gasteiger partial charge on any atom is -0.480 e. The van der Waals surface area contributed by atoms with Crippen LogP contribution in [0.15, 0.2) is 53.5 Å². The number of aromatic nitrogens is 6. The molecule has 4 unspecified atom stereocenters. The van der Waals surface area contributed by atoms with Crippen LogP contribution in [0.25, 0.3) is 27.5 Å². The van der Waals surface area contributed by atoms with Crippen LogP contribution in [-0.2, 0) is 23.7 Å². The Bertz CT molecular complexity index is 3050. The summed E-state index contributed by atoms with van der Waals surface area (Å²) in [7, 11) is 3.53. The van der Waals surface area contributed by atoms with Crippen molar-refractivity contribution >= 4 is 68.0 Å². The van der Waals surface area contributed by atoms with Crippen LogP contribution in [0.5, 0.6) is 5.75 Å². The van der Waals surface area contributed by atoms with Crippen molar-refractivity contribution in [3.05, 3.63) is 70.3 Å². The van der Waals surface area contributed by atoms with Gasteiger partial charge in [-0.1, -0.05) is 19.1 Å². The summed E-state index contributed by atoms with van der Waals surface area (Å²) >= 11 is 0. The number of benzene rings is 2. The summed E-state index contributed by atoms with van der Waals surface area (Å²) in [6.07, 6.45) is 4.60. The molecule has 4 aromatic heterocycles. The second kappa shape index (κ2) is 16.0. The minimum absolute atomic E-state index is 0.119. The van der Waals surface area contributed by atoms with E-state index in [1.807, 2.05) is 42.1 Å². The van der Waals surface area contributed by atoms with Crippen LogP contribution in [0.3, 0.4) is 0 Å². The van der Waals surface area contributed by atoms with Gasteiger partial charge in [0.2, 0.25) is 17.6 Å². The lowest BCUT2D eigenvalue weighted by molar-refractivity contribution is -0.134. The van der Waals surface area contributed by atoms with Crippen LogP contribution in [0, 0.1) is 29.1 Å². The van der Waals surface area contributed by atoms with Gasteiger partial charge in [-0.15, -0.1) is 0 Å². The number of piperidine rings is 2. The Kier molecular flexibility index (Phi) is 10.1. The van der Waals surface area contributed by atoms with Crippen LogP contribution in [0.1, 0.15) is 56.2 Å². The molecule has 6 aromatic rings. The second-order valence-corrected chi connectivity index (χ2v) is 18.8. The van der Waals surface area contributed by atoms with E-state index >= 15 is 8.78 Å². The lowest BCUT2D eigenvalue weighted by Crippen LogP contribution is -2.50. The molecule has 17 nitrogen and oxygen atoms in total. The van der Waals surface area contributed by atoms with Crippen LogP contribution < -0.4 is 36.0 Å². The number of imide groups is 1. The van der Waals surface area contributed by atoms with Crippen LogP contribution in [0.4, 0.5) is 37.5 Å². The Morgan fingerprint density at radius 1 is 0.985 bits per heavy atom. The molecule has 8 heterocycles. The van der Waals surface area contributed by atoms with Crippen molar-refractivity contribution in [1.29, 1.82) is 5.26 Å². The van der Waals surface area contributed by atoms with Gasteiger partial charge in [0.25, 0.3) is 5.56 Å². The smallest absolute Gasteiger partial charge is 0.301 e. The van der Waals surface area contributed by atoms with Gasteiger partial charge in [0.05, 0.1) is 46.3 Å². The Balaban J connectivity index is 0.791. The number of halogens is 2. The first-order valence-electron chi connectivity index (χ1n) is 22.9. The number of anilines is 5. The highest BCUT2D eigenvalue weighted by atomic mass is 19.3. The average Bonchev–Trinajstić information content (AvgIpc) is 4.00. The molecule has 0 radical (unpaired) electrons. The molecular weight excluding hydrogens is 849 g/mol. The number of fused-ring (bicyclic) bond motifs is 5. The van der Waals surface area contributed by atoms with Crippen molar-refractivity contribution in [3.8, 4) is 11.8 Å². The molecule has 0 spiro atoms. The molecular formula is C47H51F2N13O4. The third-order valence-electron chi connectivity index (χ3n) is 14.5. The van der Waals surface area contributed by atoms with Gasteiger partial charge in [0.1, 0.15) is 23.3 Å². The fraction of sp³-hybridized carbons (Fsp3) is 0.468. The molecule has 2 amide bonds. The summed E-state index contributed by atoms with van der Waals surface area (Å²) in [6.45, 7) is 7.49. The number of rotatable bonds is 8. The maximum atomic E-state index is 15.3. The first kappa shape index (κ1) is 41.9. The Morgan fingerprint density at radius 3 is 2.56 bits per heavy atom. The molecule has 66 heavy (non-hydrogen) atoms. The van der Waals surface area contributed by atoms with E-state index in [4.69, 9.17) is 14.8 Å². The van der Waals surface area contributed by atoms with Gasteiger partial charge in [-0.25, -0.2) is 13.8 Å². The molecule has 11 rings (SSSR count). The highest BCUT2D eigenvalue weighted by Gasteiger charge is 2.51. The van der Waals surface area contributed by atoms with Crippen LogP contribution >= 0.6 is 0 Å². The lowest BCUT2D eigenvalue weighted by atomic mass is 9.86. The molecule has 4 aliphatic heterocycles. The fourth-order valence-corrected chi connectivity index (χ4v) is 10.7. The zero-order valence-electron chi connectivity index (χ0n) is 37.1. The molecule has 1 aliphatic carbocycles. The van der Waals surface area contributed by atoms with Crippen molar-refractivity contribution in [1.82, 2.24) is 39.2 Å². The number of para-hydroxylation sites is 1. The third-order valence-corrected chi connectivity index (χ3v) is 14.5. The number of carbonyl (C=O) groups is 2. The molecule has 4 fully saturated rings. The van der Waals surface area contributed by atoms with Crippen molar-refractivity contribution < 1.29 is 23.1 Å². The zero-order chi connectivity index (χ0) is 45.6. The first-order chi connectivity index (χ1) is 31.8. The SMILES string of the molecule is CC1CN(c2cc(Nc3ccc4c(c3)c3c(c(=O)n4C)OCC(F)(F)C(C4CC4)N3)n3ncc(C#N)c3n2)CCC1CN1CCN(c2cccc3c(C4CCC(=O)NC4=O)nn(C)c23)CC1. The highest BCUT2D eigenvalue weighted by Crippen LogP contribution is 2.46. The number of hydrogen-bond donors (Lipinski definition) is 3. The lowest BCUT2D eigenvalue weighted by Gasteiger charge is -2.42. The number of carbonyl (C=O) groups excluding carboxylic acids is 2. The minimum atomic E-state index is -3.15. The van der Waals surface area contributed by atoms with Crippen molar-refractivity contribution in [2.75, 3.05) is 72.9 Å². The van der Waals surface area contributed by atoms with Gasteiger partial charge in [-0.2, -0.15) is 20.0 Å². The van der Waals surface area contributed by atoms with E-state index in [1.165, 1.54) is 10.8 Å². The maximum absolute atomic E-state index is 15.3. The predicted octanol–water partition coefficient (Wildman–Crippen LogP) is 5.11. The van der Waals surface area contributed by atoms with Gasteiger partial charge in [0.15, 0.2) is 12.3 Å². The number of nitrogens with one attached hydrogen (secondary N) is 3. The Hall–Kier alpha value is -6.81. The van der Waals surface area contributed by atoms with Gasteiger partial charge in [0, 0.05) is 88.9 Å². The summed E-state index contributed by atoms with van der Waals surface area (Å²) in [5.41, 5.74) is 4.54. The number of amides is 2. The fourth-order valence-electron chi connectivity index (χ4n) is 10.7. The highest BCUT2D eigenvalue weighted by molar-refractivity contribution is 6.04. The summed E-state index contributed by atoms with van der Waals surface area (Å²) in [5, 5.41) is 29.9. The molecule has 5 aliphatic rings. The Morgan fingerprint density at radius 2 is 1.80 bits per heavy atom. The third kappa shape index (κ3) is 7.22. The summed E-state index contributed by atoms with van der Waals surface area (Å²) in [4.78, 5) is 50.2. The topological polar surface area (TPSA) is 183 Å². The van der Waals surface area contributed by atoms with E-state index in [2.05, 4.69) is 54.8 Å². The number of ether oxygens (including phenoxy) is 1. The number of nitriles is 1. The van der Waals surface area contributed by atoms with Crippen LogP contribution in [0.2, 0.25) is 0 Å². The van der Waals surface area contributed by atoms with E-state index < -0.39 is 30.0 Å². The summed E-state index contributed by atoms with van der Waals surface area (Å²) in [5.74, 6) is -2.34. The van der Waals surface area contributed by atoms with Crippen molar-refractivity contribution in [2.24, 2.45) is 31.8 Å². The largest absolute Gasteiger partial charge is 0.480 e. The predicted molar refractivity (Wildman–Crippen MR) is 245 cm³/mol. The van der Waals surface area contributed by atoms with Gasteiger partial charge in [-0.05, 0) is 67.7 Å². The molecule has 19 heteroatoms. The van der Waals surface area contributed by atoms with E-state index in [-0.39, 0.29) is 29.2 Å². The molecule has 3 saturated heterocycles. The molecule has 342 valence electrons. The quantitative estimate of drug-likeness (QED) is 0.172. The Labute approximate surface area is 378 Å². The van der Waals surface area contributed by atoms with Crippen LogP contribution in [-0.4, -0.2) is 110 Å². The standard InChI is InChI=1S/C47H51F2N13O4/c1-26-23-61(14-13-28(26)24-59-15-17-60(18-16-59)35-6-4-5-31-39(56-58(3)41(31)35)32-10-12-38(63)54-45(32)64)36-20-37(62-44(53-36)29(21-50)22-51-62)52-30-9-11-34-33(19-30)40-42(46(65)57(34)2)66-25-47(48,49)43(55-40)27-7-8-27/h4-6,9,11,19-20,22,26-28,32,43,52,55H,7-8,10,12-18,23-25H2,1-3H3,(H,54,63,64). The monoisotopic (exact) mass is 899 g/mol. The number of piperazine rings is 1. The maximum Gasteiger partial charge on any atom is 0.301 e. The summed E-state index contributed by atoms with van der Waals surface area (Å²) < 4.78 is 41.1. The van der Waals surface area contributed by atoms with E-state index in [0.717, 1.165) is 74.5 Å². The van der Waals surface area contributed by atoms with E-state index in [9.17, 15) is 19.6 Å². The number of alkyl halides is 2. The zero-order valence-corrected chi connectivity index (χ0v) is 37.1. The normalized spacial score (nSPS) is 23.6. The number of hydrogen-bond acceptors (Lipinski definition) is 13. The molecule has 0 bridgehead atoms. The molecule has 1 saturated carbocycles. The molecule has 3 N–H and O–H groups in total. The van der Waals surface area contributed by atoms with Gasteiger partial charge >= 0.3 is 5.92 Å². The van der Waals surface area contributed by atoms with Crippen molar-refractivity contribution in [2.45, 2.75) is 56.9 Å². The molecule has 2 aromatic carbocycles. The average molecular weight is 900 g/mol. The number of aryl methyl sites for hydroxylation is 2. The number of pyridine rings is 1. The van der Waals surface area contributed by atoms with E-state index in [0.29, 0.717) is 77.0 Å².